The molecule has 0 aromatic carbocycles. The van der Waals surface area contributed by atoms with Gasteiger partial charge in [0.05, 0.1) is 0 Å². The molecule has 2 heterocycles. The monoisotopic (exact) mass is 297 g/mol. The van der Waals surface area contributed by atoms with Gasteiger partial charge in [-0.3, -0.25) is 4.79 Å². The average molecular weight is 297 g/mol. The first-order valence-electron chi connectivity index (χ1n) is 7.45. The van der Waals surface area contributed by atoms with E-state index in [-0.39, 0.29) is 17.9 Å². The Morgan fingerprint density at radius 3 is 2.10 bits per heavy atom. The van der Waals surface area contributed by atoms with Crippen molar-refractivity contribution in [1.29, 1.82) is 0 Å². The first-order valence-corrected chi connectivity index (χ1v) is 7.45. The third-order valence-electron chi connectivity index (χ3n) is 4.43. The van der Waals surface area contributed by atoms with Gasteiger partial charge in [0.15, 0.2) is 0 Å². The molecule has 7 nitrogen and oxygen atoms in total. The van der Waals surface area contributed by atoms with E-state index in [9.17, 15) is 19.5 Å². The summed E-state index contributed by atoms with van der Waals surface area (Å²) in [6.07, 6.45) is 1.67. The number of carboxylic acids is 1. The minimum atomic E-state index is -0.932. The first kappa shape index (κ1) is 15.6. The Hall–Kier alpha value is -1.79. The van der Waals surface area contributed by atoms with Crippen molar-refractivity contribution in [2.24, 2.45) is 5.92 Å². The maximum Gasteiger partial charge on any atom is 0.326 e. The number of amides is 3. The van der Waals surface area contributed by atoms with Gasteiger partial charge in [0.2, 0.25) is 5.91 Å². The highest BCUT2D eigenvalue weighted by Gasteiger charge is 2.39. The van der Waals surface area contributed by atoms with Crippen LogP contribution in [0, 0.1) is 5.92 Å². The fourth-order valence-electron chi connectivity index (χ4n) is 3.17. The summed E-state index contributed by atoms with van der Waals surface area (Å²) in [6, 6.07) is -0.950. The van der Waals surface area contributed by atoms with Crippen molar-refractivity contribution in [3.63, 3.8) is 0 Å². The number of nitrogens with zero attached hydrogens (tertiary/aromatic N) is 3. The third kappa shape index (κ3) is 3.28. The number of aliphatic carboxylic acids is 1. The van der Waals surface area contributed by atoms with E-state index in [1.807, 2.05) is 6.92 Å². The Labute approximate surface area is 124 Å². The normalized spacial score (nSPS) is 26.7. The maximum absolute atomic E-state index is 12.6. The highest BCUT2D eigenvalue weighted by Crippen LogP contribution is 2.25. The van der Waals surface area contributed by atoms with E-state index in [1.54, 1.807) is 9.80 Å². The highest BCUT2D eigenvalue weighted by molar-refractivity contribution is 5.83. The Morgan fingerprint density at radius 1 is 1.00 bits per heavy atom. The van der Waals surface area contributed by atoms with Gasteiger partial charge in [0.25, 0.3) is 0 Å². The maximum atomic E-state index is 12.6. The molecule has 2 saturated heterocycles. The molecule has 0 spiro atoms. The molecule has 118 valence electrons. The van der Waals surface area contributed by atoms with E-state index < -0.39 is 12.0 Å². The summed E-state index contributed by atoms with van der Waals surface area (Å²) in [7, 11) is 0. The number of hydrogen-bond donors (Lipinski definition) is 1. The third-order valence-corrected chi connectivity index (χ3v) is 4.43. The fourth-order valence-corrected chi connectivity index (χ4v) is 3.17. The van der Waals surface area contributed by atoms with Crippen molar-refractivity contribution in [3.8, 4) is 0 Å². The lowest BCUT2D eigenvalue weighted by atomic mass is 9.91. The summed E-state index contributed by atoms with van der Waals surface area (Å²) in [4.78, 5) is 40.2. The number of rotatable bonds is 1. The largest absolute Gasteiger partial charge is 0.480 e. The van der Waals surface area contributed by atoms with Gasteiger partial charge in [-0.15, -0.1) is 0 Å². The summed E-state index contributed by atoms with van der Waals surface area (Å²) in [5.74, 6) is -0.950. The molecule has 0 saturated carbocycles. The van der Waals surface area contributed by atoms with Crippen molar-refractivity contribution < 1.29 is 19.5 Å². The van der Waals surface area contributed by atoms with E-state index >= 15 is 0 Å². The van der Waals surface area contributed by atoms with Crippen LogP contribution < -0.4 is 0 Å². The summed E-state index contributed by atoms with van der Waals surface area (Å²) < 4.78 is 0. The van der Waals surface area contributed by atoms with E-state index in [4.69, 9.17) is 0 Å². The highest BCUT2D eigenvalue weighted by atomic mass is 16.4. The molecule has 1 N–H and O–H groups in total. The van der Waals surface area contributed by atoms with Gasteiger partial charge in [-0.25, -0.2) is 9.59 Å². The summed E-state index contributed by atoms with van der Waals surface area (Å²) in [5, 5.41) is 9.38. The summed E-state index contributed by atoms with van der Waals surface area (Å²) in [5.41, 5.74) is 0. The molecule has 0 bridgehead atoms. The lowest BCUT2D eigenvalue weighted by molar-refractivity contribution is -0.145. The Morgan fingerprint density at radius 2 is 1.57 bits per heavy atom. The molecule has 2 fully saturated rings. The molecule has 0 aromatic heterocycles. The van der Waals surface area contributed by atoms with Crippen LogP contribution in [0.5, 0.6) is 0 Å². The minimum absolute atomic E-state index is 0.0112. The van der Waals surface area contributed by atoms with Crippen LogP contribution in [0.4, 0.5) is 4.79 Å². The first-order chi connectivity index (χ1) is 9.91. The second-order valence-corrected chi connectivity index (χ2v) is 5.87. The minimum Gasteiger partial charge on any atom is -0.480 e. The lowest BCUT2D eigenvalue weighted by Gasteiger charge is -2.42. The van der Waals surface area contributed by atoms with Gasteiger partial charge < -0.3 is 19.8 Å². The quantitative estimate of drug-likeness (QED) is 0.762. The number of carbonyl (C=O) groups is 3. The van der Waals surface area contributed by atoms with Crippen LogP contribution in [0.1, 0.15) is 26.7 Å². The van der Waals surface area contributed by atoms with Gasteiger partial charge >= 0.3 is 12.0 Å². The zero-order chi connectivity index (χ0) is 15.6. The number of hydrogen-bond acceptors (Lipinski definition) is 3. The molecular formula is C14H23N3O4. The second kappa shape index (κ2) is 6.32. The second-order valence-electron chi connectivity index (χ2n) is 5.87. The number of carboxylic acid groups (broad SMARTS) is 1. The van der Waals surface area contributed by atoms with Crippen molar-refractivity contribution in [1.82, 2.24) is 14.7 Å². The predicted octanol–water partition coefficient (Wildman–Crippen LogP) is 0.456. The number of carbonyl (C=O) groups excluding carboxylic acids is 2. The molecule has 2 unspecified atom stereocenters. The lowest BCUT2D eigenvalue weighted by Crippen LogP contribution is -2.59. The molecular weight excluding hydrogens is 274 g/mol. The molecule has 2 aliphatic heterocycles. The van der Waals surface area contributed by atoms with Crippen LogP contribution in [0.2, 0.25) is 0 Å². The number of likely N-dealkylation sites (tertiary alicyclic amines) is 1. The molecule has 0 radical (unpaired) electrons. The molecule has 7 heteroatoms. The topological polar surface area (TPSA) is 81.2 Å². The molecule has 0 aromatic rings. The van der Waals surface area contributed by atoms with Gasteiger partial charge in [-0.2, -0.15) is 0 Å². The molecule has 21 heavy (non-hydrogen) atoms. The van der Waals surface area contributed by atoms with Crippen molar-refractivity contribution >= 4 is 17.9 Å². The van der Waals surface area contributed by atoms with Gasteiger partial charge in [0, 0.05) is 39.6 Å². The van der Waals surface area contributed by atoms with Gasteiger partial charge in [-0.05, 0) is 18.8 Å². The van der Waals surface area contributed by atoms with E-state index in [0.717, 1.165) is 12.8 Å². The van der Waals surface area contributed by atoms with Gasteiger partial charge in [-0.1, -0.05) is 6.92 Å². The van der Waals surface area contributed by atoms with Crippen LogP contribution in [-0.4, -0.2) is 76.5 Å². The van der Waals surface area contributed by atoms with Crippen LogP contribution in [0.15, 0.2) is 0 Å². The van der Waals surface area contributed by atoms with Crippen LogP contribution >= 0.6 is 0 Å². The molecule has 2 aliphatic rings. The van der Waals surface area contributed by atoms with Crippen molar-refractivity contribution in [2.75, 3.05) is 32.7 Å². The number of piperazine rings is 1. The summed E-state index contributed by atoms with van der Waals surface area (Å²) >= 11 is 0. The Bertz CT molecular complexity index is 432. The molecule has 2 atom stereocenters. The van der Waals surface area contributed by atoms with Crippen LogP contribution in [-0.2, 0) is 9.59 Å². The van der Waals surface area contributed by atoms with Crippen molar-refractivity contribution in [3.05, 3.63) is 0 Å². The smallest absolute Gasteiger partial charge is 0.326 e. The average Bonchev–Trinajstić information content (AvgIpc) is 2.46. The molecule has 3 amide bonds. The predicted molar refractivity (Wildman–Crippen MR) is 75.8 cm³/mol. The van der Waals surface area contributed by atoms with E-state index in [0.29, 0.717) is 32.7 Å². The van der Waals surface area contributed by atoms with Crippen molar-refractivity contribution in [2.45, 2.75) is 32.7 Å². The number of urea groups is 1. The standard InChI is InChI=1S/C14H23N3O4/c1-10-4-3-5-17(12(10)13(19)20)14(21)16-8-6-15(7-9-16)11(2)18/h10,12H,3-9H2,1-2H3,(H,19,20). The Balaban J connectivity index is 2.02. The van der Waals surface area contributed by atoms with Crippen LogP contribution in [0.3, 0.4) is 0 Å². The molecule has 2 rings (SSSR count). The van der Waals surface area contributed by atoms with Crippen LogP contribution in [0.25, 0.3) is 0 Å². The molecule has 0 aliphatic carbocycles. The SMILES string of the molecule is CC(=O)N1CCN(C(=O)N2CCCC(C)C2C(=O)O)CC1. The zero-order valence-corrected chi connectivity index (χ0v) is 12.6. The fraction of sp³-hybridized carbons (Fsp3) is 0.786. The number of piperidine rings is 1. The summed E-state index contributed by atoms with van der Waals surface area (Å²) in [6.45, 7) is 5.86. The van der Waals surface area contributed by atoms with E-state index in [1.165, 1.54) is 11.8 Å². The van der Waals surface area contributed by atoms with Gasteiger partial charge in [0.1, 0.15) is 6.04 Å². The zero-order valence-electron chi connectivity index (χ0n) is 12.6. The van der Waals surface area contributed by atoms with E-state index in [2.05, 4.69) is 0 Å². The Kier molecular flexibility index (Phi) is 4.69.